The highest BCUT2D eigenvalue weighted by atomic mass is 127. The Morgan fingerprint density at radius 3 is 2.83 bits per heavy atom. The molecule has 1 saturated heterocycles. The van der Waals surface area contributed by atoms with Crippen molar-refractivity contribution in [1.82, 2.24) is 5.32 Å². The Hall–Kier alpha value is -1.15. The third-order valence-electron chi connectivity index (χ3n) is 2.85. The van der Waals surface area contributed by atoms with Crippen LogP contribution in [-0.4, -0.2) is 29.6 Å². The number of amides is 1. The van der Waals surface area contributed by atoms with Crippen molar-refractivity contribution in [2.75, 3.05) is 11.9 Å². The van der Waals surface area contributed by atoms with Crippen molar-refractivity contribution in [3.8, 4) is 0 Å². The Morgan fingerprint density at radius 2 is 2.22 bits per heavy atom. The van der Waals surface area contributed by atoms with E-state index in [2.05, 4.69) is 10.6 Å². The molecule has 1 amide bonds. The first-order chi connectivity index (χ1) is 8.58. The van der Waals surface area contributed by atoms with Crippen LogP contribution in [0.3, 0.4) is 0 Å². The van der Waals surface area contributed by atoms with Gasteiger partial charge in [0, 0.05) is 3.57 Å². The van der Waals surface area contributed by atoms with Crippen LogP contribution in [0.2, 0.25) is 0 Å². The normalized spacial score (nSPS) is 18.6. The van der Waals surface area contributed by atoms with Crippen LogP contribution in [-0.2, 0) is 4.79 Å². The second-order valence-corrected chi connectivity index (χ2v) is 5.38. The van der Waals surface area contributed by atoms with Crippen molar-refractivity contribution < 1.29 is 14.7 Å². The number of nitrogens with one attached hydrogen (secondary N) is 2. The Balaban J connectivity index is 2.17. The van der Waals surface area contributed by atoms with E-state index in [0.717, 1.165) is 23.0 Å². The van der Waals surface area contributed by atoms with E-state index in [9.17, 15) is 9.59 Å². The highest BCUT2D eigenvalue weighted by Crippen LogP contribution is 2.20. The van der Waals surface area contributed by atoms with Crippen LogP contribution < -0.4 is 10.6 Å². The molecular weight excluding hydrogens is 347 g/mol. The van der Waals surface area contributed by atoms with E-state index in [4.69, 9.17) is 5.11 Å². The zero-order valence-electron chi connectivity index (χ0n) is 9.57. The van der Waals surface area contributed by atoms with Gasteiger partial charge in [-0.1, -0.05) is 0 Å². The third kappa shape index (κ3) is 2.99. The number of hydrogen-bond donors (Lipinski definition) is 3. The molecule has 2 rings (SSSR count). The second-order valence-electron chi connectivity index (χ2n) is 4.13. The van der Waals surface area contributed by atoms with Crippen molar-refractivity contribution in [1.29, 1.82) is 0 Å². The minimum Gasteiger partial charge on any atom is -0.478 e. The maximum absolute atomic E-state index is 11.9. The first-order valence-electron chi connectivity index (χ1n) is 5.65. The molecule has 0 spiro atoms. The molecule has 96 valence electrons. The lowest BCUT2D eigenvalue weighted by atomic mass is 10.1. The second kappa shape index (κ2) is 5.66. The Bertz CT molecular complexity index is 484. The number of aromatic carboxylic acids is 1. The lowest BCUT2D eigenvalue weighted by molar-refractivity contribution is -0.117. The zero-order chi connectivity index (χ0) is 13.1. The maximum Gasteiger partial charge on any atom is 0.337 e. The summed E-state index contributed by atoms with van der Waals surface area (Å²) in [4.78, 5) is 23.0. The van der Waals surface area contributed by atoms with Gasteiger partial charge in [0.2, 0.25) is 5.91 Å². The van der Waals surface area contributed by atoms with Gasteiger partial charge in [0.1, 0.15) is 0 Å². The molecule has 0 aromatic heterocycles. The molecule has 6 heteroatoms. The molecule has 1 aliphatic heterocycles. The summed E-state index contributed by atoms with van der Waals surface area (Å²) < 4.78 is 0.821. The van der Waals surface area contributed by atoms with E-state index >= 15 is 0 Å². The fourth-order valence-electron chi connectivity index (χ4n) is 1.93. The molecule has 5 nitrogen and oxygen atoms in total. The zero-order valence-corrected chi connectivity index (χ0v) is 11.7. The van der Waals surface area contributed by atoms with Gasteiger partial charge in [-0.15, -0.1) is 0 Å². The minimum atomic E-state index is -1.04. The van der Waals surface area contributed by atoms with Crippen LogP contribution in [0, 0.1) is 3.57 Å². The molecule has 1 aromatic carbocycles. The fraction of sp³-hybridized carbons (Fsp3) is 0.333. The molecule has 0 aliphatic carbocycles. The molecule has 1 fully saturated rings. The van der Waals surface area contributed by atoms with E-state index < -0.39 is 5.97 Å². The van der Waals surface area contributed by atoms with Crippen molar-refractivity contribution in [3.05, 3.63) is 27.3 Å². The highest BCUT2D eigenvalue weighted by molar-refractivity contribution is 14.1. The van der Waals surface area contributed by atoms with Crippen molar-refractivity contribution in [2.45, 2.75) is 18.9 Å². The number of carboxylic acids is 1. The van der Waals surface area contributed by atoms with E-state index in [0.29, 0.717) is 5.69 Å². The summed E-state index contributed by atoms with van der Waals surface area (Å²) in [6, 6.07) is 4.72. The quantitative estimate of drug-likeness (QED) is 0.717. The number of anilines is 1. The predicted octanol–water partition coefficient (Wildman–Crippen LogP) is 1.68. The number of benzene rings is 1. The fourth-order valence-corrected chi connectivity index (χ4v) is 2.42. The van der Waals surface area contributed by atoms with Crippen molar-refractivity contribution in [3.63, 3.8) is 0 Å². The van der Waals surface area contributed by atoms with E-state index in [-0.39, 0.29) is 17.5 Å². The van der Waals surface area contributed by atoms with Crippen LogP contribution in [0.1, 0.15) is 23.2 Å². The number of rotatable bonds is 3. The van der Waals surface area contributed by atoms with Gasteiger partial charge in [0.15, 0.2) is 0 Å². The number of carbonyl (C=O) groups excluding carboxylic acids is 1. The number of hydrogen-bond acceptors (Lipinski definition) is 3. The maximum atomic E-state index is 11.9. The summed E-state index contributed by atoms with van der Waals surface area (Å²) in [5, 5.41) is 14.8. The summed E-state index contributed by atoms with van der Waals surface area (Å²) >= 11 is 2.04. The van der Waals surface area contributed by atoms with Gasteiger partial charge in [-0.25, -0.2) is 4.79 Å². The van der Waals surface area contributed by atoms with Crippen LogP contribution in [0.25, 0.3) is 0 Å². The number of carbonyl (C=O) groups is 2. The summed E-state index contributed by atoms with van der Waals surface area (Å²) in [6.07, 6.45) is 1.76. The molecule has 0 bridgehead atoms. The molecule has 1 heterocycles. The van der Waals surface area contributed by atoms with Crippen molar-refractivity contribution >= 4 is 40.2 Å². The van der Waals surface area contributed by atoms with Crippen LogP contribution in [0.4, 0.5) is 5.69 Å². The Morgan fingerprint density at radius 1 is 1.44 bits per heavy atom. The summed E-state index contributed by atoms with van der Waals surface area (Å²) in [5.41, 5.74) is 0.467. The first-order valence-corrected chi connectivity index (χ1v) is 6.73. The molecule has 0 radical (unpaired) electrons. The lowest BCUT2D eigenvalue weighted by Crippen LogP contribution is -2.35. The van der Waals surface area contributed by atoms with E-state index in [1.807, 2.05) is 22.6 Å². The summed E-state index contributed by atoms with van der Waals surface area (Å²) in [7, 11) is 0. The smallest absolute Gasteiger partial charge is 0.337 e. The monoisotopic (exact) mass is 360 g/mol. The van der Waals surface area contributed by atoms with Gasteiger partial charge in [-0.05, 0) is 60.2 Å². The van der Waals surface area contributed by atoms with Crippen LogP contribution in [0.5, 0.6) is 0 Å². The van der Waals surface area contributed by atoms with Crippen LogP contribution >= 0.6 is 22.6 Å². The first kappa shape index (κ1) is 13.3. The summed E-state index contributed by atoms with van der Waals surface area (Å²) in [6.45, 7) is 0.830. The standard InChI is InChI=1S/C12H13IN2O3/c13-7-3-4-9(8(6-7)12(17)18)15-11(16)10-2-1-5-14-10/h3-4,6,10,14H,1-2,5H2,(H,15,16)(H,17,18). The molecule has 0 saturated carbocycles. The number of halogens is 1. The summed E-state index contributed by atoms with van der Waals surface area (Å²) in [5.74, 6) is -1.21. The van der Waals surface area contributed by atoms with Gasteiger partial charge in [0.05, 0.1) is 17.3 Å². The topological polar surface area (TPSA) is 78.4 Å². The largest absolute Gasteiger partial charge is 0.478 e. The minimum absolute atomic E-state index is 0.119. The molecule has 18 heavy (non-hydrogen) atoms. The SMILES string of the molecule is O=C(O)c1cc(I)ccc1NC(=O)C1CCCN1. The third-order valence-corrected chi connectivity index (χ3v) is 3.52. The molecule has 1 aromatic rings. The Kier molecular flexibility index (Phi) is 4.18. The lowest BCUT2D eigenvalue weighted by Gasteiger charge is -2.13. The van der Waals surface area contributed by atoms with Crippen LogP contribution in [0.15, 0.2) is 18.2 Å². The molecule has 1 aliphatic rings. The predicted molar refractivity (Wildman–Crippen MR) is 75.8 cm³/mol. The average molecular weight is 360 g/mol. The molecule has 1 atom stereocenters. The van der Waals surface area contributed by atoms with E-state index in [1.165, 1.54) is 0 Å². The van der Waals surface area contributed by atoms with Gasteiger partial charge in [0.25, 0.3) is 0 Å². The molecule has 1 unspecified atom stereocenters. The van der Waals surface area contributed by atoms with Crippen molar-refractivity contribution in [2.24, 2.45) is 0 Å². The highest BCUT2D eigenvalue weighted by Gasteiger charge is 2.23. The van der Waals surface area contributed by atoms with Gasteiger partial charge < -0.3 is 15.7 Å². The number of carboxylic acid groups (broad SMARTS) is 1. The van der Waals surface area contributed by atoms with Gasteiger partial charge >= 0.3 is 5.97 Å². The van der Waals surface area contributed by atoms with Gasteiger partial charge in [-0.2, -0.15) is 0 Å². The molecular formula is C12H13IN2O3. The molecule has 3 N–H and O–H groups in total. The Labute approximate surface area is 118 Å². The average Bonchev–Trinajstić information content (AvgIpc) is 2.84. The van der Waals surface area contributed by atoms with E-state index in [1.54, 1.807) is 18.2 Å². The van der Waals surface area contributed by atoms with Gasteiger partial charge in [-0.3, -0.25) is 4.79 Å².